The van der Waals surface area contributed by atoms with Crippen molar-refractivity contribution in [3.05, 3.63) is 18.2 Å². The van der Waals surface area contributed by atoms with E-state index in [4.69, 9.17) is 5.84 Å². The quantitative estimate of drug-likeness (QED) is 0.490. The molecule has 0 spiro atoms. The maximum absolute atomic E-state index is 11.5. The fraction of sp³-hybridized carbons (Fsp3) is 0.455. The number of aromatic nitrogens is 1. The lowest BCUT2D eigenvalue weighted by Gasteiger charge is -2.18. The normalized spacial score (nSPS) is 9.82. The van der Waals surface area contributed by atoms with Gasteiger partial charge < -0.3 is 15.6 Å². The van der Waals surface area contributed by atoms with Gasteiger partial charge in [0.05, 0.1) is 6.54 Å². The van der Waals surface area contributed by atoms with E-state index in [1.165, 1.54) is 0 Å². The molecule has 6 heteroatoms. The van der Waals surface area contributed by atoms with E-state index in [9.17, 15) is 4.79 Å². The van der Waals surface area contributed by atoms with E-state index in [0.29, 0.717) is 18.2 Å². The number of nitrogens with zero attached hydrogens (tertiary/aromatic N) is 2. The number of pyridine rings is 1. The van der Waals surface area contributed by atoms with Crippen LogP contribution in [-0.4, -0.2) is 31.0 Å². The molecule has 0 fully saturated rings. The molecule has 0 aliphatic carbocycles. The first-order chi connectivity index (χ1) is 8.17. The van der Waals surface area contributed by atoms with Crippen LogP contribution in [-0.2, 0) is 4.79 Å². The molecule has 4 N–H and O–H groups in total. The van der Waals surface area contributed by atoms with Crippen molar-refractivity contribution in [1.82, 2.24) is 10.3 Å². The van der Waals surface area contributed by atoms with E-state index < -0.39 is 0 Å². The summed E-state index contributed by atoms with van der Waals surface area (Å²) in [6, 6.07) is 5.42. The van der Waals surface area contributed by atoms with E-state index in [-0.39, 0.29) is 12.5 Å². The van der Waals surface area contributed by atoms with Crippen molar-refractivity contribution in [1.29, 1.82) is 0 Å². The van der Waals surface area contributed by atoms with Gasteiger partial charge in [-0.1, -0.05) is 13.0 Å². The number of carbonyl (C=O) groups is 1. The molecule has 1 aromatic heterocycles. The third kappa shape index (κ3) is 4.28. The van der Waals surface area contributed by atoms with Crippen LogP contribution in [0.2, 0.25) is 0 Å². The number of anilines is 2. The van der Waals surface area contributed by atoms with E-state index in [1.54, 1.807) is 11.0 Å². The Morgan fingerprint density at radius 3 is 2.94 bits per heavy atom. The lowest BCUT2D eigenvalue weighted by molar-refractivity contribution is -0.119. The number of hydrogen-bond acceptors (Lipinski definition) is 5. The molecule has 1 amide bonds. The van der Waals surface area contributed by atoms with Crippen LogP contribution in [0, 0.1) is 0 Å². The number of nitrogen functional groups attached to an aromatic ring is 1. The summed E-state index contributed by atoms with van der Waals surface area (Å²) in [5.74, 6) is 6.54. The topological polar surface area (TPSA) is 83.3 Å². The summed E-state index contributed by atoms with van der Waals surface area (Å²) in [6.07, 6.45) is 0.931. The third-order valence-corrected chi connectivity index (χ3v) is 2.23. The summed E-state index contributed by atoms with van der Waals surface area (Å²) < 4.78 is 0. The molecule has 0 radical (unpaired) electrons. The molecule has 0 atom stereocenters. The van der Waals surface area contributed by atoms with Crippen LogP contribution in [0.1, 0.15) is 13.3 Å². The van der Waals surface area contributed by atoms with E-state index in [1.807, 2.05) is 26.1 Å². The number of likely N-dealkylation sites (N-methyl/N-ethyl adjacent to an activating group) is 1. The van der Waals surface area contributed by atoms with Gasteiger partial charge in [-0.2, -0.15) is 0 Å². The Morgan fingerprint density at radius 1 is 1.53 bits per heavy atom. The van der Waals surface area contributed by atoms with Gasteiger partial charge in [0.25, 0.3) is 0 Å². The molecular weight excluding hydrogens is 218 g/mol. The Kier molecular flexibility index (Phi) is 5.22. The van der Waals surface area contributed by atoms with Gasteiger partial charge in [-0.25, -0.2) is 10.8 Å². The molecule has 6 nitrogen and oxygen atoms in total. The molecule has 0 bridgehead atoms. The zero-order valence-corrected chi connectivity index (χ0v) is 10.2. The number of nitrogens with two attached hydrogens (primary N) is 1. The minimum atomic E-state index is -0.0118. The van der Waals surface area contributed by atoms with Crippen molar-refractivity contribution in [2.24, 2.45) is 5.84 Å². The fourth-order valence-corrected chi connectivity index (χ4v) is 1.33. The summed E-state index contributed by atoms with van der Waals surface area (Å²) in [5, 5.41) is 2.81. The Morgan fingerprint density at radius 2 is 2.29 bits per heavy atom. The van der Waals surface area contributed by atoms with E-state index >= 15 is 0 Å². The smallest absolute Gasteiger partial charge is 0.239 e. The summed E-state index contributed by atoms with van der Waals surface area (Å²) in [6.45, 7) is 2.99. The van der Waals surface area contributed by atoms with Gasteiger partial charge in [-0.05, 0) is 18.6 Å². The number of nitrogens with one attached hydrogen (secondary N) is 2. The highest BCUT2D eigenvalue weighted by molar-refractivity contribution is 5.80. The summed E-state index contributed by atoms with van der Waals surface area (Å²) in [7, 11) is 1.81. The van der Waals surface area contributed by atoms with Gasteiger partial charge >= 0.3 is 0 Å². The molecule has 1 heterocycles. The highest BCUT2D eigenvalue weighted by Gasteiger charge is 2.08. The summed E-state index contributed by atoms with van der Waals surface area (Å²) in [5.41, 5.74) is 2.47. The summed E-state index contributed by atoms with van der Waals surface area (Å²) >= 11 is 0. The summed E-state index contributed by atoms with van der Waals surface area (Å²) in [4.78, 5) is 17.5. The fourth-order valence-electron chi connectivity index (χ4n) is 1.33. The van der Waals surface area contributed by atoms with Crippen LogP contribution < -0.4 is 21.5 Å². The molecule has 1 aromatic rings. The Labute approximate surface area is 101 Å². The molecule has 17 heavy (non-hydrogen) atoms. The SMILES string of the molecule is CCCNC(=O)CN(C)c1cccc(NN)n1. The molecular formula is C11H19N5O. The maximum Gasteiger partial charge on any atom is 0.239 e. The van der Waals surface area contributed by atoms with Gasteiger partial charge in [0.1, 0.15) is 11.6 Å². The molecule has 1 rings (SSSR count). The largest absolute Gasteiger partial charge is 0.355 e. The molecule has 0 saturated heterocycles. The van der Waals surface area contributed by atoms with Crippen LogP contribution in [0.15, 0.2) is 18.2 Å². The second-order valence-electron chi connectivity index (χ2n) is 3.73. The zero-order chi connectivity index (χ0) is 12.7. The number of carbonyl (C=O) groups excluding carboxylic acids is 1. The van der Waals surface area contributed by atoms with Gasteiger partial charge in [0, 0.05) is 13.6 Å². The lowest BCUT2D eigenvalue weighted by atomic mass is 10.4. The first kappa shape index (κ1) is 13.2. The monoisotopic (exact) mass is 237 g/mol. The second kappa shape index (κ2) is 6.70. The van der Waals surface area contributed by atoms with E-state index in [0.717, 1.165) is 6.42 Å². The van der Waals surface area contributed by atoms with Gasteiger partial charge in [0.2, 0.25) is 5.91 Å². The number of hydrazine groups is 1. The van der Waals surface area contributed by atoms with Crippen molar-refractivity contribution < 1.29 is 4.79 Å². The Bertz CT molecular complexity index is 369. The minimum Gasteiger partial charge on any atom is -0.355 e. The predicted octanol–water partition coefficient (Wildman–Crippen LogP) is 0.330. The van der Waals surface area contributed by atoms with Crippen molar-refractivity contribution in [2.75, 3.05) is 30.5 Å². The number of amides is 1. The standard InChI is InChI=1S/C11H19N5O/c1-3-7-13-11(17)8-16(2)10-6-4-5-9(14-10)15-12/h4-6H,3,7-8,12H2,1-2H3,(H,13,17)(H,14,15). The van der Waals surface area contributed by atoms with Gasteiger partial charge in [0.15, 0.2) is 0 Å². The van der Waals surface area contributed by atoms with E-state index in [2.05, 4.69) is 15.7 Å². The first-order valence-electron chi connectivity index (χ1n) is 5.59. The number of hydrogen-bond donors (Lipinski definition) is 3. The first-order valence-corrected chi connectivity index (χ1v) is 5.59. The van der Waals surface area contributed by atoms with Crippen LogP contribution in [0.4, 0.5) is 11.6 Å². The van der Waals surface area contributed by atoms with Gasteiger partial charge in [-0.15, -0.1) is 0 Å². The molecule has 0 saturated carbocycles. The Balaban J connectivity index is 2.56. The van der Waals surface area contributed by atoms with Crippen LogP contribution in [0.25, 0.3) is 0 Å². The highest BCUT2D eigenvalue weighted by atomic mass is 16.2. The molecule has 0 unspecified atom stereocenters. The molecule has 0 aliphatic heterocycles. The van der Waals surface area contributed by atoms with Crippen molar-refractivity contribution in [2.45, 2.75) is 13.3 Å². The third-order valence-electron chi connectivity index (χ3n) is 2.23. The zero-order valence-electron chi connectivity index (χ0n) is 10.2. The lowest BCUT2D eigenvalue weighted by Crippen LogP contribution is -2.35. The predicted molar refractivity (Wildman–Crippen MR) is 68.6 cm³/mol. The minimum absolute atomic E-state index is 0.0118. The van der Waals surface area contributed by atoms with Crippen molar-refractivity contribution in [3.8, 4) is 0 Å². The maximum atomic E-state index is 11.5. The average Bonchev–Trinajstić information content (AvgIpc) is 2.36. The van der Waals surface area contributed by atoms with Crippen molar-refractivity contribution >= 4 is 17.5 Å². The van der Waals surface area contributed by atoms with Crippen LogP contribution >= 0.6 is 0 Å². The Hall–Kier alpha value is -1.82. The highest BCUT2D eigenvalue weighted by Crippen LogP contribution is 2.11. The second-order valence-corrected chi connectivity index (χ2v) is 3.73. The molecule has 0 aromatic carbocycles. The molecule has 94 valence electrons. The van der Waals surface area contributed by atoms with Crippen LogP contribution in [0.3, 0.4) is 0 Å². The van der Waals surface area contributed by atoms with Crippen molar-refractivity contribution in [3.63, 3.8) is 0 Å². The van der Waals surface area contributed by atoms with Crippen LogP contribution in [0.5, 0.6) is 0 Å². The van der Waals surface area contributed by atoms with Gasteiger partial charge in [-0.3, -0.25) is 4.79 Å². The average molecular weight is 237 g/mol. The number of rotatable bonds is 6. The molecule has 0 aliphatic rings.